The number of fused-ring (bicyclic) bond motifs is 4. The third-order valence-corrected chi connectivity index (χ3v) is 13.1. The Bertz CT molecular complexity index is 2830. The number of carboxylic acid groups (broad SMARTS) is 1. The number of nitrogens with zero attached hydrogens (tertiary/aromatic N) is 3. The minimum Gasteiger partial charge on any atom is -0.508 e. The molecule has 4 amide bonds. The van der Waals surface area contributed by atoms with Gasteiger partial charge < -0.3 is 20.1 Å². The van der Waals surface area contributed by atoms with Gasteiger partial charge in [-0.1, -0.05) is 83.4 Å². The van der Waals surface area contributed by atoms with Crippen LogP contribution in [0.15, 0.2) is 115 Å². The molecule has 0 radical (unpaired) electrons. The number of carbonyl (C=O) groups is 5. The van der Waals surface area contributed by atoms with Gasteiger partial charge in [-0.2, -0.15) is 18.2 Å². The summed E-state index contributed by atoms with van der Waals surface area (Å²) in [6.45, 7) is 0.147. The van der Waals surface area contributed by atoms with Crippen molar-refractivity contribution >= 4 is 64.3 Å². The summed E-state index contributed by atoms with van der Waals surface area (Å²) in [6, 6.07) is 23.8. The Hall–Kier alpha value is -6.91. The number of benzene rings is 4. The minimum absolute atomic E-state index is 0.0250. The first-order chi connectivity index (χ1) is 30.5. The number of pyridine rings is 1. The molecule has 3 heterocycles. The lowest BCUT2D eigenvalue weighted by Gasteiger charge is -2.50. The standard InChI is InChI=1S/C46H33Cl2F3N4O9/c47-25-8-6-23(7-9-25)45-33(41(59)55(44(45)63)53-39-34(48)16-24(20-52-39)46(49,50)51)19-32-28(38(45)29-13-11-27(18-36(29)57)64-21-22-4-2-1-3-5-22)14-15-31-37(32)42(60)54(40(31)58)26-10-12-30(43(61)62)35(56)17-26/h1-14,16-18,20,31-33,37-38,56-57H,15,19,21H2,(H,52,53)(H,61,62). The van der Waals surface area contributed by atoms with E-state index in [0.717, 1.165) is 22.6 Å². The molecule has 6 unspecified atom stereocenters. The van der Waals surface area contributed by atoms with Gasteiger partial charge in [0.25, 0.3) is 11.8 Å². The second-order valence-electron chi connectivity index (χ2n) is 15.9. The van der Waals surface area contributed by atoms with Crippen LogP contribution in [0.2, 0.25) is 10.0 Å². The highest BCUT2D eigenvalue weighted by molar-refractivity contribution is 6.33. The molecule has 2 aliphatic carbocycles. The zero-order chi connectivity index (χ0) is 45.4. The van der Waals surface area contributed by atoms with Gasteiger partial charge in [-0.25, -0.2) is 14.7 Å². The molecule has 5 aromatic rings. The fraction of sp³-hybridized carbons (Fsp3) is 0.217. The molecule has 2 saturated heterocycles. The van der Waals surface area contributed by atoms with Gasteiger partial charge in [0, 0.05) is 34.8 Å². The second kappa shape index (κ2) is 15.7. The largest absolute Gasteiger partial charge is 0.508 e. The molecule has 1 aromatic heterocycles. The first kappa shape index (κ1) is 42.4. The smallest absolute Gasteiger partial charge is 0.417 e. The Morgan fingerprint density at radius 1 is 0.875 bits per heavy atom. The number of aromatic nitrogens is 1. The normalized spacial score (nSPS) is 24.0. The van der Waals surface area contributed by atoms with Crippen LogP contribution in [0.25, 0.3) is 0 Å². The van der Waals surface area contributed by atoms with Crippen LogP contribution in [0.1, 0.15) is 51.4 Å². The van der Waals surface area contributed by atoms with Crippen LogP contribution in [0, 0.1) is 23.7 Å². The van der Waals surface area contributed by atoms with Gasteiger partial charge in [0.1, 0.15) is 29.4 Å². The molecule has 18 heteroatoms. The van der Waals surface area contributed by atoms with Gasteiger partial charge in [0.15, 0.2) is 5.82 Å². The number of nitrogens with one attached hydrogen (secondary N) is 1. The van der Waals surface area contributed by atoms with Gasteiger partial charge in [-0.3, -0.25) is 24.6 Å². The Balaban J connectivity index is 1.19. The third kappa shape index (κ3) is 6.79. The number of allylic oxidation sites excluding steroid dienone is 2. The van der Waals surface area contributed by atoms with Crippen molar-refractivity contribution in [1.82, 2.24) is 9.99 Å². The molecule has 2 aliphatic heterocycles. The van der Waals surface area contributed by atoms with E-state index in [0.29, 0.717) is 22.8 Å². The number of phenolic OH excluding ortho intramolecular Hbond substituents is 1. The average Bonchev–Trinajstić information content (AvgIpc) is 3.64. The molecule has 13 nitrogen and oxygen atoms in total. The Morgan fingerprint density at radius 3 is 2.27 bits per heavy atom. The molecule has 3 fully saturated rings. The van der Waals surface area contributed by atoms with Gasteiger partial charge in [0.2, 0.25) is 11.8 Å². The molecular formula is C46H33Cl2F3N4O9. The predicted octanol–water partition coefficient (Wildman–Crippen LogP) is 8.29. The van der Waals surface area contributed by atoms with Crippen LogP contribution in [0.5, 0.6) is 17.2 Å². The van der Waals surface area contributed by atoms with Crippen LogP contribution in [-0.4, -0.2) is 54.9 Å². The predicted molar refractivity (Wildman–Crippen MR) is 223 cm³/mol. The van der Waals surface area contributed by atoms with Crippen LogP contribution in [-0.2, 0) is 37.4 Å². The number of imide groups is 2. The van der Waals surface area contributed by atoms with E-state index >= 15 is 9.59 Å². The molecular weight excluding hydrogens is 880 g/mol. The van der Waals surface area contributed by atoms with E-state index in [4.69, 9.17) is 27.9 Å². The minimum atomic E-state index is -4.81. The number of carbonyl (C=O) groups excluding carboxylic acids is 4. The fourth-order valence-corrected chi connectivity index (χ4v) is 10.2. The molecule has 326 valence electrons. The summed E-state index contributed by atoms with van der Waals surface area (Å²) in [5.74, 6) is -11.4. The number of hydrogen-bond acceptors (Lipinski definition) is 10. The van der Waals surface area contributed by atoms with Crippen LogP contribution in [0.4, 0.5) is 24.7 Å². The van der Waals surface area contributed by atoms with Crippen LogP contribution in [0.3, 0.4) is 0 Å². The maximum atomic E-state index is 15.5. The summed E-state index contributed by atoms with van der Waals surface area (Å²) >= 11 is 12.6. The quantitative estimate of drug-likeness (QED) is 0.0824. The summed E-state index contributed by atoms with van der Waals surface area (Å²) in [5, 5.41) is 32.4. The molecule has 6 atom stereocenters. The maximum absolute atomic E-state index is 15.5. The SMILES string of the molecule is O=C(O)c1ccc(N2C(=O)C3CC=C4C(CC5C(=O)N(Nc6ncc(C(F)(F)F)cc6Cl)C(=O)C5(c5ccc(Cl)cc5)C4c4ccc(OCc5ccccc5)cc4O)C3C2=O)cc1O. The van der Waals surface area contributed by atoms with E-state index in [9.17, 15) is 42.9 Å². The molecule has 9 rings (SSSR count). The van der Waals surface area contributed by atoms with Crippen molar-refractivity contribution in [3.8, 4) is 17.2 Å². The van der Waals surface area contributed by atoms with Crippen molar-refractivity contribution in [2.24, 2.45) is 23.7 Å². The Morgan fingerprint density at radius 2 is 1.61 bits per heavy atom. The number of amides is 4. The summed E-state index contributed by atoms with van der Waals surface area (Å²) in [7, 11) is 0. The van der Waals surface area contributed by atoms with Crippen LogP contribution < -0.4 is 15.1 Å². The maximum Gasteiger partial charge on any atom is 0.417 e. The summed E-state index contributed by atoms with van der Waals surface area (Å²) in [4.78, 5) is 75.7. The molecule has 0 bridgehead atoms. The molecule has 4 aromatic carbocycles. The molecule has 0 spiro atoms. The number of alkyl halides is 3. The number of carboxylic acids is 1. The van der Waals surface area contributed by atoms with Crippen molar-refractivity contribution in [2.75, 3.05) is 10.3 Å². The number of aromatic carboxylic acids is 1. The summed E-state index contributed by atoms with van der Waals surface area (Å²) in [5.41, 5.74) is 0.636. The molecule has 1 saturated carbocycles. The van der Waals surface area contributed by atoms with E-state index in [1.807, 2.05) is 30.3 Å². The van der Waals surface area contributed by atoms with Crippen molar-refractivity contribution in [3.05, 3.63) is 153 Å². The average molecular weight is 914 g/mol. The monoisotopic (exact) mass is 912 g/mol. The molecule has 64 heavy (non-hydrogen) atoms. The van der Waals surface area contributed by atoms with Gasteiger partial charge in [-0.15, -0.1) is 0 Å². The van der Waals surface area contributed by atoms with Crippen molar-refractivity contribution < 1.29 is 57.2 Å². The lowest BCUT2D eigenvalue weighted by Crippen LogP contribution is -2.53. The number of ether oxygens (including phenoxy) is 1. The molecule has 4 aliphatic rings. The van der Waals surface area contributed by atoms with Gasteiger partial charge >= 0.3 is 12.1 Å². The highest BCUT2D eigenvalue weighted by atomic mass is 35.5. The third-order valence-electron chi connectivity index (χ3n) is 12.6. The van der Waals surface area contributed by atoms with Gasteiger partial charge in [0.05, 0.1) is 39.4 Å². The number of halogens is 5. The zero-order valence-corrected chi connectivity index (χ0v) is 34.4. The van der Waals surface area contributed by atoms with E-state index in [1.165, 1.54) is 24.3 Å². The van der Waals surface area contributed by atoms with Gasteiger partial charge in [-0.05, 0) is 66.3 Å². The van der Waals surface area contributed by atoms with E-state index in [-0.39, 0.29) is 52.8 Å². The van der Waals surface area contributed by atoms with E-state index in [2.05, 4.69) is 10.4 Å². The van der Waals surface area contributed by atoms with Crippen molar-refractivity contribution in [3.63, 3.8) is 0 Å². The van der Waals surface area contributed by atoms with E-state index in [1.54, 1.807) is 30.3 Å². The second-order valence-corrected chi connectivity index (χ2v) is 16.8. The van der Waals surface area contributed by atoms with Crippen molar-refractivity contribution in [1.29, 1.82) is 0 Å². The number of rotatable bonds is 9. The number of phenols is 2. The number of hydrogen-bond donors (Lipinski definition) is 4. The fourth-order valence-electron chi connectivity index (χ4n) is 9.82. The zero-order valence-electron chi connectivity index (χ0n) is 32.9. The van der Waals surface area contributed by atoms with Crippen LogP contribution >= 0.6 is 23.2 Å². The lowest BCUT2D eigenvalue weighted by molar-refractivity contribution is -0.139. The summed E-state index contributed by atoms with van der Waals surface area (Å²) < 4.78 is 46.8. The topological polar surface area (TPSA) is 187 Å². The van der Waals surface area contributed by atoms with Crippen molar-refractivity contribution in [2.45, 2.75) is 37.0 Å². The summed E-state index contributed by atoms with van der Waals surface area (Å²) in [6.07, 6.45) is -2.82. The number of anilines is 2. The highest BCUT2D eigenvalue weighted by Gasteiger charge is 2.71. The molecule has 4 N–H and O–H groups in total. The number of hydrazine groups is 1. The first-order valence-corrected chi connectivity index (χ1v) is 20.5. The Kier molecular flexibility index (Phi) is 10.4. The highest BCUT2D eigenvalue weighted by Crippen LogP contribution is 2.65. The van der Waals surface area contributed by atoms with E-state index < -0.39 is 98.5 Å². The number of aromatic hydroxyl groups is 2. The Labute approximate surface area is 371 Å². The lowest BCUT2D eigenvalue weighted by atomic mass is 9.49. The first-order valence-electron chi connectivity index (χ1n) is 19.8.